The zero-order chi connectivity index (χ0) is 18.6. The molecule has 0 aliphatic carbocycles. The standard InChI is InChI=1S/C15H14N2O7S/c1-23-13-7-6-12(17(19)20)9-14(13)25(21,22)16-11-5-3-4-10(8-11)15(18)24-2/h3-9,16H,1-2H3. The van der Waals surface area contributed by atoms with Gasteiger partial charge in [0.05, 0.1) is 24.7 Å². The maximum Gasteiger partial charge on any atom is 0.337 e. The van der Waals surface area contributed by atoms with Crippen LogP contribution >= 0.6 is 0 Å². The average molecular weight is 366 g/mol. The average Bonchev–Trinajstić information content (AvgIpc) is 2.60. The minimum atomic E-state index is -4.19. The van der Waals surface area contributed by atoms with E-state index in [9.17, 15) is 23.3 Å². The zero-order valence-corrected chi connectivity index (χ0v) is 14.1. The van der Waals surface area contributed by atoms with E-state index in [1.165, 1.54) is 44.6 Å². The fourth-order valence-corrected chi connectivity index (χ4v) is 3.27. The summed E-state index contributed by atoms with van der Waals surface area (Å²) in [4.78, 5) is 21.3. The van der Waals surface area contributed by atoms with Crippen LogP contribution in [0.5, 0.6) is 5.75 Å². The lowest BCUT2D eigenvalue weighted by Crippen LogP contribution is -2.15. The van der Waals surface area contributed by atoms with Crippen LogP contribution in [-0.4, -0.2) is 33.5 Å². The lowest BCUT2D eigenvalue weighted by Gasteiger charge is -2.12. The summed E-state index contributed by atoms with van der Waals surface area (Å²) in [6, 6.07) is 8.85. The van der Waals surface area contributed by atoms with Crippen LogP contribution in [0.15, 0.2) is 47.4 Å². The largest absolute Gasteiger partial charge is 0.495 e. The molecule has 2 aromatic rings. The molecular weight excluding hydrogens is 352 g/mol. The van der Waals surface area contributed by atoms with Gasteiger partial charge in [-0.1, -0.05) is 6.07 Å². The van der Waals surface area contributed by atoms with E-state index in [2.05, 4.69) is 9.46 Å². The van der Waals surface area contributed by atoms with Crippen LogP contribution in [0, 0.1) is 10.1 Å². The Bertz CT molecular complexity index is 925. The van der Waals surface area contributed by atoms with Gasteiger partial charge in [0, 0.05) is 17.8 Å². The molecule has 0 aliphatic rings. The number of methoxy groups -OCH3 is 2. The number of esters is 1. The summed E-state index contributed by atoms with van der Waals surface area (Å²) in [6.07, 6.45) is 0. The Morgan fingerprint density at radius 2 is 1.88 bits per heavy atom. The van der Waals surface area contributed by atoms with Crippen molar-refractivity contribution < 1.29 is 27.6 Å². The summed E-state index contributed by atoms with van der Waals surface area (Å²) in [5.41, 5.74) is -0.158. The Morgan fingerprint density at radius 3 is 2.48 bits per heavy atom. The van der Waals surface area contributed by atoms with Gasteiger partial charge in [0.15, 0.2) is 0 Å². The Balaban J connectivity index is 2.44. The summed E-state index contributed by atoms with van der Waals surface area (Å²) in [6.45, 7) is 0. The highest BCUT2D eigenvalue weighted by atomic mass is 32.2. The van der Waals surface area contributed by atoms with Gasteiger partial charge in [-0.15, -0.1) is 0 Å². The Morgan fingerprint density at radius 1 is 1.16 bits per heavy atom. The summed E-state index contributed by atoms with van der Waals surface area (Å²) >= 11 is 0. The maximum atomic E-state index is 12.6. The van der Waals surface area contributed by atoms with Crippen LogP contribution in [0.4, 0.5) is 11.4 Å². The van der Waals surface area contributed by atoms with Gasteiger partial charge in [-0.2, -0.15) is 0 Å². The number of anilines is 1. The molecule has 0 spiro atoms. The third-order valence-corrected chi connectivity index (χ3v) is 4.59. The SMILES string of the molecule is COC(=O)c1cccc(NS(=O)(=O)c2cc([N+](=O)[O-])ccc2OC)c1. The molecule has 0 fully saturated rings. The van der Waals surface area contributed by atoms with Crippen LogP contribution in [0.25, 0.3) is 0 Å². The normalized spacial score (nSPS) is 10.8. The molecule has 0 radical (unpaired) electrons. The van der Waals surface area contributed by atoms with E-state index in [0.29, 0.717) is 0 Å². The Hall–Kier alpha value is -3.14. The minimum absolute atomic E-state index is 0.0535. The lowest BCUT2D eigenvalue weighted by atomic mass is 10.2. The number of hydrogen-bond acceptors (Lipinski definition) is 7. The highest BCUT2D eigenvalue weighted by Gasteiger charge is 2.23. The van der Waals surface area contributed by atoms with Gasteiger partial charge in [-0.3, -0.25) is 14.8 Å². The van der Waals surface area contributed by atoms with E-state index >= 15 is 0 Å². The van der Waals surface area contributed by atoms with Crippen molar-refractivity contribution in [2.24, 2.45) is 0 Å². The fraction of sp³-hybridized carbons (Fsp3) is 0.133. The molecule has 2 rings (SSSR count). The molecule has 0 atom stereocenters. The van der Waals surface area contributed by atoms with Crippen LogP contribution in [0.3, 0.4) is 0 Å². The quantitative estimate of drug-likeness (QED) is 0.472. The molecule has 132 valence electrons. The summed E-state index contributed by atoms with van der Waals surface area (Å²) in [7, 11) is -1.74. The molecule has 2 aromatic carbocycles. The number of sulfonamides is 1. The van der Waals surface area contributed by atoms with E-state index in [1.807, 2.05) is 0 Å². The predicted octanol–water partition coefficient (Wildman–Crippen LogP) is 2.19. The number of rotatable bonds is 6. The number of ether oxygens (including phenoxy) is 2. The van der Waals surface area contributed by atoms with Gasteiger partial charge in [-0.05, 0) is 24.3 Å². The molecule has 0 aliphatic heterocycles. The molecule has 25 heavy (non-hydrogen) atoms. The van der Waals surface area contributed by atoms with Crippen molar-refractivity contribution in [3.8, 4) is 5.75 Å². The molecule has 0 bridgehead atoms. The molecule has 9 nitrogen and oxygen atoms in total. The monoisotopic (exact) mass is 366 g/mol. The van der Waals surface area contributed by atoms with Gasteiger partial charge in [0.2, 0.25) is 0 Å². The zero-order valence-electron chi connectivity index (χ0n) is 13.3. The minimum Gasteiger partial charge on any atom is -0.495 e. The number of nitro groups is 1. The van der Waals surface area contributed by atoms with Crippen LogP contribution in [0.2, 0.25) is 0 Å². The molecule has 0 saturated heterocycles. The number of non-ortho nitro benzene ring substituents is 1. The molecule has 0 saturated carbocycles. The van der Waals surface area contributed by atoms with Crippen LogP contribution in [0.1, 0.15) is 10.4 Å². The second kappa shape index (κ2) is 7.18. The predicted molar refractivity (Wildman–Crippen MR) is 88.2 cm³/mol. The summed E-state index contributed by atoms with van der Waals surface area (Å²) in [5, 5.41) is 10.9. The molecule has 1 N–H and O–H groups in total. The highest BCUT2D eigenvalue weighted by molar-refractivity contribution is 7.92. The molecule has 0 heterocycles. The number of nitrogens with zero attached hydrogens (tertiary/aromatic N) is 1. The third kappa shape index (κ3) is 4.04. The van der Waals surface area contributed by atoms with E-state index in [-0.39, 0.29) is 17.0 Å². The lowest BCUT2D eigenvalue weighted by molar-refractivity contribution is -0.385. The summed E-state index contributed by atoms with van der Waals surface area (Å²) in [5.74, 6) is -0.684. The van der Waals surface area contributed by atoms with Crippen molar-refractivity contribution in [2.45, 2.75) is 4.90 Å². The van der Waals surface area contributed by atoms with Crippen LogP contribution < -0.4 is 9.46 Å². The first kappa shape index (κ1) is 18.2. The van der Waals surface area contributed by atoms with E-state index < -0.39 is 31.5 Å². The number of benzene rings is 2. The number of hydrogen-bond donors (Lipinski definition) is 1. The van der Waals surface area contributed by atoms with E-state index in [1.54, 1.807) is 0 Å². The first-order valence-corrected chi connectivity index (χ1v) is 8.30. The van der Waals surface area contributed by atoms with Gasteiger partial charge < -0.3 is 9.47 Å². The summed E-state index contributed by atoms with van der Waals surface area (Å²) < 4.78 is 37.0. The van der Waals surface area contributed by atoms with Crippen LogP contribution in [-0.2, 0) is 14.8 Å². The van der Waals surface area contributed by atoms with E-state index in [4.69, 9.17) is 4.74 Å². The van der Waals surface area contributed by atoms with Gasteiger partial charge in [0.1, 0.15) is 10.6 Å². The molecule has 10 heteroatoms. The topological polar surface area (TPSA) is 125 Å². The molecule has 0 amide bonds. The number of nitro benzene ring substituents is 1. The first-order chi connectivity index (χ1) is 11.8. The molecule has 0 unspecified atom stereocenters. The molecule has 0 aromatic heterocycles. The second-order valence-corrected chi connectivity index (χ2v) is 6.42. The number of carbonyl (C=O) groups is 1. The van der Waals surface area contributed by atoms with Crippen molar-refractivity contribution in [1.82, 2.24) is 0 Å². The number of carbonyl (C=O) groups excluding carboxylic acids is 1. The van der Waals surface area contributed by atoms with Gasteiger partial charge in [0.25, 0.3) is 15.7 Å². The van der Waals surface area contributed by atoms with Crippen molar-refractivity contribution in [3.63, 3.8) is 0 Å². The first-order valence-electron chi connectivity index (χ1n) is 6.82. The van der Waals surface area contributed by atoms with E-state index in [0.717, 1.165) is 12.1 Å². The van der Waals surface area contributed by atoms with Crippen molar-refractivity contribution in [3.05, 3.63) is 58.1 Å². The van der Waals surface area contributed by atoms with Crippen molar-refractivity contribution in [1.29, 1.82) is 0 Å². The van der Waals surface area contributed by atoms with Gasteiger partial charge >= 0.3 is 5.97 Å². The Kier molecular flexibility index (Phi) is 5.22. The van der Waals surface area contributed by atoms with Crippen molar-refractivity contribution >= 4 is 27.4 Å². The second-order valence-electron chi connectivity index (χ2n) is 4.77. The smallest absolute Gasteiger partial charge is 0.337 e. The number of nitrogens with one attached hydrogen (secondary N) is 1. The van der Waals surface area contributed by atoms with Gasteiger partial charge in [-0.25, -0.2) is 13.2 Å². The fourth-order valence-electron chi connectivity index (χ4n) is 2.03. The maximum absolute atomic E-state index is 12.6. The third-order valence-electron chi connectivity index (χ3n) is 3.18. The highest BCUT2D eigenvalue weighted by Crippen LogP contribution is 2.29. The molecular formula is C15H14N2O7S. The Labute approximate surface area is 143 Å². The van der Waals surface area contributed by atoms with Crippen molar-refractivity contribution in [2.75, 3.05) is 18.9 Å².